The maximum atomic E-state index is 14.3. The second kappa shape index (κ2) is 7.69. The Hall–Kier alpha value is -2.85. The second-order valence-corrected chi connectivity index (χ2v) is 7.60. The highest BCUT2D eigenvalue weighted by Crippen LogP contribution is 2.35. The summed E-state index contributed by atoms with van der Waals surface area (Å²) in [6, 6.07) is 3.17. The van der Waals surface area contributed by atoms with E-state index in [4.69, 9.17) is 32.5 Å². The van der Waals surface area contributed by atoms with Crippen LogP contribution in [-0.4, -0.2) is 25.6 Å². The van der Waals surface area contributed by atoms with E-state index in [9.17, 15) is 17.6 Å². The molecule has 31 heavy (non-hydrogen) atoms. The van der Waals surface area contributed by atoms with Crippen LogP contribution in [0.3, 0.4) is 0 Å². The third kappa shape index (κ3) is 4.17. The van der Waals surface area contributed by atoms with E-state index in [1.165, 1.54) is 12.3 Å². The van der Waals surface area contributed by atoms with Gasteiger partial charge in [0.25, 0.3) is 5.89 Å². The molecule has 0 unspecified atom stereocenters. The van der Waals surface area contributed by atoms with E-state index in [1.807, 2.05) is 0 Å². The number of halogens is 6. The Balaban J connectivity index is 1.72. The zero-order valence-electron chi connectivity index (χ0n) is 15.8. The van der Waals surface area contributed by atoms with Crippen LogP contribution in [0.25, 0.3) is 28.6 Å². The standard InChI is InChI=1S/C19H12Cl2F4N4O2/c1-8(2)30-15-5-11(20)10(4-13(15)22)16-27-18(31-28-16)14-7-29-6-9(19(23,24)25)3-12(21)17(29)26-14/h3-8H,1-2H3. The molecular formula is C19H12Cl2F4N4O2. The minimum Gasteiger partial charge on any atom is -0.488 e. The zero-order valence-corrected chi connectivity index (χ0v) is 17.3. The molecule has 0 aliphatic rings. The molecule has 6 nitrogen and oxygen atoms in total. The molecule has 0 N–H and O–H groups in total. The average molecular weight is 475 g/mol. The van der Waals surface area contributed by atoms with E-state index in [0.29, 0.717) is 0 Å². The molecule has 3 heterocycles. The van der Waals surface area contributed by atoms with Gasteiger partial charge in [-0.25, -0.2) is 9.37 Å². The van der Waals surface area contributed by atoms with Crippen molar-refractivity contribution in [3.63, 3.8) is 0 Å². The summed E-state index contributed by atoms with van der Waals surface area (Å²) in [5, 5.41) is 3.68. The van der Waals surface area contributed by atoms with E-state index >= 15 is 0 Å². The first-order valence-corrected chi connectivity index (χ1v) is 9.54. The lowest BCUT2D eigenvalue weighted by molar-refractivity contribution is -0.137. The predicted octanol–water partition coefficient (Wildman–Crippen LogP) is 6.30. The Bertz CT molecular complexity index is 1280. The van der Waals surface area contributed by atoms with Gasteiger partial charge in [0.2, 0.25) is 5.82 Å². The minimum absolute atomic E-state index is 0.0251. The highest BCUT2D eigenvalue weighted by molar-refractivity contribution is 6.33. The molecule has 4 rings (SSSR count). The Labute approximate surface area is 182 Å². The number of rotatable bonds is 4. The van der Waals surface area contributed by atoms with Crippen molar-refractivity contribution in [3.8, 4) is 28.7 Å². The predicted molar refractivity (Wildman–Crippen MR) is 105 cm³/mol. The molecule has 0 saturated carbocycles. The summed E-state index contributed by atoms with van der Waals surface area (Å²) in [6.07, 6.45) is -2.73. The molecule has 0 spiro atoms. The van der Waals surface area contributed by atoms with Crippen molar-refractivity contribution in [2.75, 3.05) is 0 Å². The van der Waals surface area contributed by atoms with Crippen molar-refractivity contribution in [2.24, 2.45) is 0 Å². The van der Waals surface area contributed by atoms with Gasteiger partial charge >= 0.3 is 6.18 Å². The number of benzene rings is 1. The molecule has 4 aromatic rings. The molecule has 0 fully saturated rings. The van der Waals surface area contributed by atoms with Crippen LogP contribution in [0.4, 0.5) is 17.6 Å². The first kappa shape index (κ1) is 21.4. The van der Waals surface area contributed by atoms with Crippen LogP contribution in [-0.2, 0) is 6.18 Å². The number of nitrogens with zero attached hydrogens (tertiary/aromatic N) is 4. The van der Waals surface area contributed by atoms with Crippen molar-refractivity contribution in [1.29, 1.82) is 0 Å². The number of hydrogen-bond acceptors (Lipinski definition) is 5. The summed E-state index contributed by atoms with van der Waals surface area (Å²) < 4.78 is 64.9. The second-order valence-electron chi connectivity index (χ2n) is 6.78. The fourth-order valence-electron chi connectivity index (χ4n) is 2.80. The van der Waals surface area contributed by atoms with Crippen LogP contribution in [0, 0.1) is 5.82 Å². The van der Waals surface area contributed by atoms with Gasteiger partial charge in [0.1, 0.15) is 5.69 Å². The molecule has 0 radical (unpaired) electrons. The molecule has 3 aromatic heterocycles. The first-order chi connectivity index (χ1) is 14.5. The van der Waals surface area contributed by atoms with E-state index in [0.717, 1.165) is 22.7 Å². The van der Waals surface area contributed by atoms with Crippen LogP contribution >= 0.6 is 23.2 Å². The third-order valence-electron chi connectivity index (χ3n) is 4.10. The minimum atomic E-state index is -4.58. The first-order valence-electron chi connectivity index (χ1n) is 8.78. The summed E-state index contributed by atoms with van der Waals surface area (Å²) in [5.41, 5.74) is -0.641. The van der Waals surface area contributed by atoms with E-state index in [1.54, 1.807) is 13.8 Å². The number of pyridine rings is 1. The van der Waals surface area contributed by atoms with Crippen LogP contribution in [0.2, 0.25) is 10.0 Å². The molecule has 162 valence electrons. The molecule has 12 heteroatoms. The highest BCUT2D eigenvalue weighted by atomic mass is 35.5. The molecule has 0 amide bonds. The smallest absolute Gasteiger partial charge is 0.417 e. The molecule has 0 aliphatic carbocycles. The summed E-state index contributed by atoms with van der Waals surface area (Å²) in [6.45, 7) is 3.48. The zero-order chi connectivity index (χ0) is 22.5. The lowest BCUT2D eigenvalue weighted by Crippen LogP contribution is -2.07. The monoisotopic (exact) mass is 474 g/mol. The normalized spacial score (nSPS) is 12.2. The summed E-state index contributed by atoms with van der Waals surface area (Å²) in [4.78, 5) is 8.27. The highest BCUT2D eigenvalue weighted by Gasteiger charge is 2.32. The van der Waals surface area contributed by atoms with Crippen LogP contribution in [0.1, 0.15) is 19.4 Å². The van der Waals surface area contributed by atoms with Gasteiger partial charge < -0.3 is 13.7 Å². The Morgan fingerprint density at radius 2 is 1.81 bits per heavy atom. The van der Waals surface area contributed by atoms with Gasteiger partial charge in [-0.1, -0.05) is 28.4 Å². The maximum Gasteiger partial charge on any atom is 0.417 e. The average Bonchev–Trinajstić information content (AvgIpc) is 3.30. The van der Waals surface area contributed by atoms with Gasteiger partial charge in [-0.3, -0.25) is 0 Å². The molecular weight excluding hydrogens is 463 g/mol. The Morgan fingerprint density at radius 1 is 1.06 bits per heavy atom. The fourth-order valence-corrected chi connectivity index (χ4v) is 3.29. The van der Waals surface area contributed by atoms with E-state index < -0.39 is 17.6 Å². The lowest BCUT2D eigenvalue weighted by atomic mass is 10.2. The summed E-state index contributed by atoms with van der Waals surface area (Å²) in [5.74, 6) is -0.835. The van der Waals surface area contributed by atoms with Gasteiger partial charge in [0.15, 0.2) is 17.2 Å². The van der Waals surface area contributed by atoms with Crippen LogP contribution in [0.5, 0.6) is 5.75 Å². The maximum absolute atomic E-state index is 14.3. The van der Waals surface area contributed by atoms with Gasteiger partial charge in [-0.15, -0.1) is 0 Å². The number of alkyl halides is 3. The molecule has 0 aliphatic heterocycles. The Kier molecular flexibility index (Phi) is 5.30. The van der Waals surface area contributed by atoms with Crippen molar-refractivity contribution >= 4 is 28.8 Å². The number of fused-ring (bicyclic) bond motifs is 1. The topological polar surface area (TPSA) is 65.5 Å². The van der Waals surface area contributed by atoms with Crippen LogP contribution < -0.4 is 4.74 Å². The molecule has 0 saturated heterocycles. The van der Waals surface area contributed by atoms with Crippen molar-refractivity contribution in [2.45, 2.75) is 26.1 Å². The molecule has 1 aromatic carbocycles. The van der Waals surface area contributed by atoms with Gasteiger partial charge in [0.05, 0.1) is 21.7 Å². The van der Waals surface area contributed by atoms with Gasteiger partial charge in [0, 0.05) is 24.0 Å². The lowest BCUT2D eigenvalue weighted by Gasteiger charge is -2.11. The number of ether oxygens (including phenoxy) is 1. The van der Waals surface area contributed by atoms with Crippen molar-refractivity contribution in [3.05, 3.63) is 52.0 Å². The van der Waals surface area contributed by atoms with E-state index in [2.05, 4.69) is 15.1 Å². The van der Waals surface area contributed by atoms with Gasteiger partial charge in [-0.05, 0) is 26.0 Å². The summed E-state index contributed by atoms with van der Waals surface area (Å²) in [7, 11) is 0. The quantitative estimate of drug-likeness (QED) is 0.324. The number of aromatic nitrogens is 4. The largest absolute Gasteiger partial charge is 0.488 e. The molecule has 0 atom stereocenters. The SMILES string of the molecule is CC(C)Oc1cc(Cl)c(-c2noc(-c3cn4cc(C(F)(F)F)cc(Cl)c4n3)n2)cc1F. The number of hydrogen-bond donors (Lipinski definition) is 0. The van der Waals surface area contributed by atoms with Crippen molar-refractivity contribution in [1.82, 2.24) is 19.5 Å². The van der Waals surface area contributed by atoms with Gasteiger partial charge in [-0.2, -0.15) is 18.2 Å². The fraction of sp³-hybridized carbons (Fsp3) is 0.211. The van der Waals surface area contributed by atoms with E-state index in [-0.39, 0.29) is 50.5 Å². The summed E-state index contributed by atoms with van der Waals surface area (Å²) >= 11 is 12.1. The van der Waals surface area contributed by atoms with Crippen LogP contribution in [0.15, 0.2) is 35.1 Å². The third-order valence-corrected chi connectivity index (χ3v) is 4.69. The number of imidazole rings is 1. The molecule has 0 bridgehead atoms. The van der Waals surface area contributed by atoms with Crippen molar-refractivity contribution < 1.29 is 26.8 Å². The Morgan fingerprint density at radius 3 is 2.48 bits per heavy atom.